The molecule has 100 valence electrons. The third-order valence-electron chi connectivity index (χ3n) is 3.88. The van der Waals surface area contributed by atoms with Crippen molar-refractivity contribution in [3.8, 4) is 0 Å². The molecular weight excluding hydrogens is 307 g/mol. The van der Waals surface area contributed by atoms with Crippen LogP contribution in [-0.4, -0.2) is 6.54 Å². The fourth-order valence-corrected chi connectivity index (χ4v) is 3.17. The third-order valence-corrected chi connectivity index (χ3v) is 4.45. The monoisotopic (exact) mass is 321 g/mol. The van der Waals surface area contributed by atoms with E-state index < -0.39 is 22.9 Å². The summed E-state index contributed by atoms with van der Waals surface area (Å²) in [5, 5.41) is 0. The van der Waals surface area contributed by atoms with Gasteiger partial charge in [0.25, 0.3) is 0 Å². The summed E-state index contributed by atoms with van der Waals surface area (Å²) in [6.45, 7) is 0.251. The molecule has 0 atom stereocenters. The predicted molar refractivity (Wildman–Crippen MR) is 67.8 cm³/mol. The van der Waals surface area contributed by atoms with Crippen molar-refractivity contribution >= 4 is 15.9 Å². The van der Waals surface area contributed by atoms with Crippen LogP contribution in [0.3, 0.4) is 0 Å². The summed E-state index contributed by atoms with van der Waals surface area (Å²) in [4.78, 5) is 0. The summed E-state index contributed by atoms with van der Waals surface area (Å²) in [6, 6.07) is 1.34. The Morgan fingerprint density at radius 1 is 1.06 bits per heavy atom. The number of rotatable bonds is 2. The fraction of sp³-hybridized carbons (Fsp3) is 0.538. The molecule has 0 amide bonds. The van der Waals surface area contributed by atoms with Gasteiger partial charge in [0.05, 0.1) is 4.47 Å². The van der Waals surface area contributed by atoms with Crippen LogP contribution in [0.2, 0.25) is 0 Å². The summed E-state index contributed by atoms with van der Waals surface area (Å²) in [6.07, 6.45) is 4.39. The normalized spacial score (nSPS) is 18.9. The van der Waals surface area contributed by atoms with Gasteiger partial charge >= 0.3 is 0 Å². The zero-order chi connectivity index (χ0) is 13.3. The second kappa shape index (κ2) is 5.21. The minimum atomic E-state index is -1.42. The Bertz CT molecular complexity index is 456. The predicted octanol–water partition coefficient (Wildman–Crippen LogP) is 4.03. The van der Waals surface area contributed by atoms with Gasteiger partial charge < -0.3 is 5.73 Å². The lowest BCUT2D eigenvalue weighted by Gasteiger charge is -2.37. The van der Waals surface area contributed by atoms with E-state index in [1.54, 1.807) is 0 Å². The Balaban J connectivity index is 2.55. The van der Waals surface area contributed by atoms with Crippen LogP contribution in [-0.2, 0) is 5.41 Å². The SMILES string of the molecule is NCC1(c2cc(Br)c(F)c(F)c2F)CCCCC1. The summed E-state index contributed by atoms with van der Waals surface area (Å²) in [7, 11) is 0. The van der Waals surface area contributed by atoms with Crippen LogP contribution in [0.1, 0.15) is 37.7 Å². The smallest absolute Gasteiger partial charge is 0.195 e. The molecule has 1 aromatic carbocycles. The number of nitrogens with two attached hydrogens (primary N) is 1. The first-order valence-corrected chi connectivity index (χ1v) is 6.85. The number of hydrogen-bond donors (Lipinski definition) is 1. The van der Waals surface area contributed by atoms with Crippen molar-refractivity contribution in [1.82, 2.24) is 0 Å². The highest BCUT2D eigenvalue weighted by Crippen LogP contribution is 2.41. The molecule has 5 heteroatoms. The van der Waals surface area contributed by atoms with E-state index in [1.807, 2.05) is 0 Å². The van der Waals surface area contributed by atoms with Crippen molar-refractivity contribution in [3.05, 3.63) is 33.6 Å². The van der Waals surface area contributed by atoms with Gasteiger partial charge in [0.1, 0.15) is 0 Å². The average Bonchev–Trinajstić information content (AvgIpc) is 2.41. The van der Waals surface area contributed by atoms with E-state index in [4.69, 9.17) is 5.73 Å². The minimum absolute atomic E-state index is 0.0465. The second-order valence-corrected chi connectivity index (χ2v) is 5.75. The molecule has 0 spiro atoms. The highest BCUT2D eigenvalue weighted by Gasteiger charge is 2.37. The lowest BCUT2D eigenvalue weighted by atomic mass is 9.69. The Hall–Kier alpha value is -0.550. The highest BCUT2D eigenvalue weighted by atomic mass is 79.9. The van der Waals surface area contributed by atoms with Crippen molar-refractivity contribution < 1.29 is 13.2 Å². The Morgan fingerprint density at radius 3 is 2.22 bits per heavy atom. The third kappa shape index (κ3) is 2.18. The standard InChI is InChI=1S/C13H15BrF3N/c14-9-6-8(10(15)12(17)11(9)16)13(7-18)4-2-1-3-5-13/h6H,1-5,7,18H2. The summed E-state index contributed by atoms with van der Waals surface area (Å²) in [5.41, 5.74) is 5.43. The van der Waals surface area contributed by atoms with E-state index in [9.17, 15) is 13.2 Å². The van der Waals surface area contributed by atoms with E-state index in [1.165, 1.54) is 6.07 Å². The molecule has 0 heterocycles. The van der Waals surface area contributed by atoms with Crippen LogP contribution < -0.4 is 5.73 Å². The van der Waals surface area contributed by atoms with Gasteiger partial charge in [-0.2, -0.15) is 0 Å². The quantitative estimate of drug-likeness (QED) is 0.646. The van der Waals surface area contributed by atoms with E-state index in [0.29, 0.717) is 0 Å². The van der Waals surface area contributed by atoms with Crippen molar-refractivity contribution in [2.24, 2.45) is 5.73 Å². The van der Waals surface area contributed by atoms with Gasteiger partial charge in [0, 0.05) is 12.0 Å². The van der Waals surface area contributed by atoms with Crippen LogP contribution in [0.4, 0.5) is 13.2 Å². The Morgan fingerprint density at radius 2 is 1.67 bits per heavy atom. The van der Waals surface area contributed by atoms with Gasteiger partial charge in [0.2, 0.25) is 0 Å². The first-order valence-electron chi connectivity index (χ1n) is 6.05. The van der Waals surface area contributed by atoms with Gasteiger partial charge in [-0.3, -0.25) is 0 Å². The van der Waals surface area contributed by atoms with Gasteiger partial charge in [-0.25, -0.2) is 13.2 Å². The molecule has 1 fully saturated rings. The molecule has 0 saturated heterocycles. The second-order valence-electron chi connectivity index (χ2n) is 4.89. The van der Waals surface area contributed by atoms with Crippen molar-refractivity contribution in [3.63, 3.8) is 0 Å². The van der Waals surface area contributed by atoms with E-state index in [-0.39, 0.29) is 16.6 Å². The molecule has 2 N–H and O–H groups in total. The lowest BCUT2D eigenvalue weighted by Crippen LogP contribution is -2.38. The summed E-state index contributed by atoms with van der Waals surface area (Å²) >= 11 is 2.93. The van der Waals surface area contributed by atoms with Gasteiger partial charge in [0.15, 0.2) is 17.5 Å². The maximum Gasteiger partial charge on any atom is 0.195 e. The van der Waals surface area contributed by atoms with Crippen LogP contribution in [0.5, 0.6) is 0 Å². The van der Waals surface area contributed by atoms with Gasteiger partial charge in [-0.05, 0) is 40.4 Å². The zero-order valence-electron chi connectivity index (χ0n) is 9.91. The molecule has 1 nitrogen and oxygen atoms in total. The molecule has 1 aliphatic carbocycles. The number of hydrogen-bond acceptors (Lipinski definition) is 1. The maximum atomic E-state index is 14.0. The lowest BCUT2D eigenvalue weighted by molar-refractivity contribution is 0.285. The molecule has 0 unspecified atom stereocenters. The van der Waals surface area contributed by atoms with Crippen LogP contribution in [0.25, 0.3) is 0 Å². The van der Waals surface area contributed by atoms with Gasteiger partial charge in [-0.15, -0.1) is 0 Å². The maximum absolute atomic E-state index is 14.0. The van der Waals surface area contributed by atoms with Crippen LogP contribution in [0, 0.1) is 17.5 Å². The van der Waals surface area contributed by atoms with Crippen molar-refractivity contribution in [2.75, 3.05) is 6.54 Å². The molecule has 0 bridgehead atoms. The molecular formula is C13H15BrF3N. The zero-order valence-corrected chi connectivity index (χ0v) is 11.5. The summed E-state index contributed by atoms with van der Waals surface area (Å²) in [5.74, 6) is -3.69. The van der Waals surface area contributed by atoms with E-state index in [2.05, 4.69) is 15.9 Å². The fourth-order valence-electron chi connectivity index (χ4n) is 2.77. The number of benzene rings is 1. The van der Waals surface area contributed by atoms with Crippen molar-refractivity contribution in [2.45, 2.75) is 37.5 Å². The average molecular weight is 322 g/mol. The molecule has 0 radical (unpaired) electrons. The van der Waals surface area contributed by atoms with Crippen molar-refractivity contribution in [1.29, 1.82) is 0 Å². The van der Waals surface area contributed by atoms with E-state index >= 15 is 0 Å². The minimum Gasteiger partial charge on any atom is -0.330 e. The van der Waals surface area contributed by atoms with E-state index in [0.717, 1.165) is 32.1 Å². The van der Waals surface area contributed by atoms with Crippen LogP contribution >= 0.6 is 15.9 Å². The molecule has 0 aliphatic heterocycles. The largest absolute Gasteiger partial charge is 0.330 e. The highest BCUT2D eigenvalue weighted by molar-refractivity contribution is 9.10. The first-order chi connectivity index (χ1) is 8.52. The molecule has 1 aliphatic rings. The Labute approximate surface area is 113 Å². The van der Waals surface area contributed by atoms with Crippen LogP contribution in [0.15, 0.2) is 10.5 Å². The first kappa shape index (κ1) is 13.9. The molecule has 1 saturated carbocycles. The Kier molecular flexibility index (Phi) is 4.02. The topological polar surface area (TPSA) is 26.0 Å². The molecule has 0 aromatic heterocycles. The molecule has 18 heavy (non-hydrogen) atoms. The van der Waals surface area contributed by atoms with Gasteiger partial charge in [-0.1, -0.05) is 19.3 Å². The number of halogens is 4. The molecule has 1 aromatic rings. The summed E-state index contributed by atoms with van der Waals surface area (Å²) < 4.78 is 40.7. The molecule has 2 rings (SSSR count).